The first-order valence-corrected chi connectivity index (χ1v) is 7.94. The van der Waals surface area contributed by atoms with Crippen LogP contribution in [0.3, 0.4) is 0 Å². The van der Waals surface area contributed by atoms with Crippen molar-refractivity contribution >= 4 is 39.4 Å². The van der Waals surface area contributed by atoms with Crippen LogP contribution in [-0.4, -0.2) is 24.7 Å². The summed E-state index contributed by atoms with van der Waals surface area (Å²) < 4.78 is 1.82. The first kappa shape index (κ1) is 14.8. The Kier molecular flexibility index (Phi) is 3.35. The highest BCUT2D eigenvalue weighted by atomic mass is 35.5. The zero-order valence-electron chi connectivity index (χ0n) is 13.2. The summed E-state index contributed by atoms with van der Waals surface area (Å²) in [5.74, 6) is 0.429. The minimum absolute atomic E-state index is 0.139. The van der Waals surface area contributed by atoms with E-state index >= 15 is 0 Å². The predicted molar refractivity (Wildman–Crippen MR) is 95.0 cm³/mol. The topological polar surface area (TPSA) is 82.5 Å². The number of aromatic nitrogens is 5. The van der Waals surface area contributed by atoms with Gasteiger partial charge in [-0.3, -0.25) is 0 Å². The van der Waals surface area contributed by atoms with E-state index in [0.29, 0.717) is 16.6 Å². The second kappa shape index (κ2) is 5.42. The molecule has 0 saturated carbocycles. The van der Waals surface area contributed by atoms with E-state index in [9.17, 15) is 0 Å². The van der Waals surface area contributed by atoms with Gasteiger partial charge in [0.25, 0.3) is 0 Å². The molecule has 0 saturated heterocycles. The monoisotopic (exact) mass is 338 g/mol. The van der Waals surface area contributed by atoms with Crippen LogP contribution in [0.4, 0.5) is 5.82 Å². The molecular formula is C17H15ClN6. The summed E-state index contributed by atoms with van der Waals surface area (Å²) in [5, 5.41) is 6.86. The maximum Gasteiger partial charge on any atom is 0.164 e. The van der Waals surface area contributed by atoms with Crippen LogP contribution < -0.4 is 5.73 Å². The van der Waals surface area contributed by atoms with E-state index in [1.54, 1.807) is 0 Å². The molecule has 120 valence electrons. The number of fused-ring (bicyclic) bond motifs is 2. The van der Waals surface area contributed by atoms with Gasteiger partial charge < -0.3 is 5.73 Å². The molecule has 0 fully saturated rings. The van der Waals surface area contributed by atoms with Crippen molar-refractivity contribution in [2.24, 2.45) is 0 Å². The Bertz CT molecular complexity index is 1070. The molecule has 1 unspecified atom stereocenters. The van der Waals surface area contributed by atoms with Crippen molar-refractivity contribution in [3.8, 4) is 0 Å². The van der Waals surface area contributed by atoms with Gasteiger partial charge in [0.15, 0.2) is 5.65 Å². The molecule has 24 heavy (non-hydrogen) atoms. The van der Waals surface area contributed by atoms with Gasteiger partial charge in [0, 0.05) is 10.9 Å². The number of pyridine rings is 1. The molecule has 1 atom stereocenters. The molecule has 0 aliphatic rings. The largest absolute Gasteiger partial charge is 0.383 e. The fourth-order valence-electron chi connectivity index (χ4n) is 2.97. The summed E-state index contributed by atoms with van der Waals surface area (Å²) in [4.78, 5) is 12.9. The standard InChI is InChI=1S/C17H15ClN6/c1-9-14-16(19)20-8-21-17(14)24(23-9)10(2)12-7-11-5-3-4-6-13(11)22-15(12)18/h3-8,10H,1-2H3,(H2,19,20,21). The van der Waals surface area contributed by atoms with Gasteiger partial charge in [0.2, 0.25) is 0 Å². The first-order valence-electron chi connectivity index (χ1n) is 7.56. The Hall–Kier alpha value is -2.73. The SMILES string of the molecule is Cc1nn(C(C)c2cc3ccccc3nc2Cl)c2ncnc(N)c12. The summed E-state index contributed by atoms with van der Waals surface area (Å²) >= 11 is 6.43. The molecule has 0 aliphatic heterocycles. The van der Waals surface area contributed by atoms with Gasteiger partial charge in [-0.1, -0.05) is 29.8 Å². The minimum atomic E-state index is -0.139. The number of anilines is 1. The quantitative estimate of drug-likeness (QED) is 0.565. The van der Waals surface area contributed by atoms with E-state index in [4.69, 9.17) is 17.3 Å². The summed E-state index contributed by atoms with van der Waals surface area (Å²) in [7, 11) is 0. The van der Waals surface area contributed by atoms with E-state index < -0.39 is 0 Å². The third-order valence-corrected chi connectivity index (χ3v) is 4.52. The number of nitrogens with two attached hydrogens (primary N) is 1. The predicted octanol–water partition coefficient (Wildman–Crippen LogP) is 3.53. The first-order chi connectivity index (χ1) is 11.6. The van der Waals surface area contributed by atoms with Gasteiger partial charge >= 0.3 is 0 Å². The number of hydrogen-bond donors (Lipinski definition) is 1. The fraction of sp³-hybridized carbons (Fsp3) is 0.176. The molecule has 3 heterocycles. The summed E-state index contributed by atoms with van der Waals surface area (Å²) in [6.45, 7) is 3.91. The summed E-state index contributed by atoms with van der Waals surface area (Å²) in [6, 6.07) is 9.79. The molecule has 6 nitrogen and oxygen atoms in total. The van der Waals surface area contributed by atoms with Crippen LogP contribution in [0.2, 0.25) is 5.15 Å². The smallest absolute Gasteiger partial charge is 0.164 e. The van der Waals surface area contributed by atoms with Gasteiger partial charge in [-0.2, -0.15) is 5.10 Å². The van der Waals surface area contributed by atoms with Crippen LogP contribution >= 0.6 is 11.6 Å². The van der Waals surface area contributed by atoms with E-state index in [2.05, 4.69) is 20.1 Å². The number of rotatable bonds is 2. The molecule has 0 radical (unpaired) electrons. The van der Waals surface area contributed by atoms with Crippen LogP contribution in [0.1, 0.15) is 24.2 Å². The molecule has 3 aromatic heterocycles. The zero-order valence-corrected chi connectivity index (χ0v) is 14.0. The fourth-order valence-corrected chi connectivity index (χ4v) is 3.28. The Balaban J connectivity index is 1.92. The van der Waals surface area contributed by atoms with Crippen molar-refractivity contribution in [2.75, 3.05) is 5.73 Å². The number of hydrogen-bond acceptors (Lipinski definition) is 5. The van der Waals surface area contributed by atoms with E-state index in [-0.39, 0.29) is 6.04 Å². The van der Waals surface area contributed by atoms with Crippen LogP contribution in [0, 0.1) is 6.92 Å². The van der Waals surface area contributed by atoms with Crippen molar-refractivity contribution in [1.82, 2.24) is 24.7 Å². The molecular weight excluding hydrogens is 324 g/mol. The van der Waals surface area contributed by atoms with Gasteiger partial charge in [-0.15, -0.1) is 0 Å². The number of benzene rings is 1. The van der Waals surface area contributed by atoms with E-state index in [0.717, 1.165) is 27.5 Å². The minimum Gasteiger partial charge on any atom is -0.383 e. The van der Waals surface area contributed by atoms with Crippen molar-refractivity contribution < 1.29 is 0 Å². The lowest BCUT2D eigenvalue weighted by atomic mass is 10.1. The highest BCUT2D eigenvalue weighted by Crippen LogP contribution is 2.31. The Labute approximate surface area is 143 Å². The van der Waals surface area contributed by atoms with Gasteiger partial charge in [-0.25, -0.2) is 19.6 Å². The van der Waals surface area contributed by atoms with Crippen molar-refractivity contribution in [3.63, 3.8) is 0 Å². The summed E-state index contributed by atoms with van der Waals surface area (Å²) in [5.41, 5.74) is 9.21. The molecule has 1 aromatic carbocycles. The number of nitrogen functional groups attached to an aromatic ring is 1. The van der Waals surface area contributed by atoms with E-state index in [1.165, 1.54) is 6.33 Å². The lowest BCUT2D eigenvalue weighted by Crippen LogP contribution is -2.11. The van der Waals surface area contributed by atoms with E-state index in [1.807, 2.05) is 48.9 Å². The maximum absolute atomic E-state index is 6.43. The van der Waals surface area contributed by atoms with Crippen LogP contribution in [-0.2, 0) is 0 Å². The molecule has 0 amide bonds. The van der Waals surface area contributed by atoms with Crippen LogP contribution in [0.5, 0.6) is 0 Å². The van der Waals surface area contributed by atoms with Crippen molar-refractivity contribution in [3.05, 3.63) is 53.1 Å². The van der Waals surface area contributed by atoms with Crippen molar-refractivity contribution in [2.45, 2.75) is 19.9 Å². The molecule has 4 rings (SSSR count). The van der Waals surface area contributed by atoms with Crippen LogP contribution in [0.25, 0.3) is 21.9 Å². The number of para-hydroxylation sites is 1. The molecule has 0 spiro atoms. The molecule has 7 heteroatoms. The maximum atomic E-state index is 6.43. The van der Waals surface area contributed by atoms with Gasteiger partial charge in [0.1, 0.15) is 17.3 Å². The lowest BCUT2D eigenvalue weighted by Gasteiger charge is -2.15. The normalized spacial score (nSPS) is 12.8. The molecule has 2 N–H and O–H groups in total. The third-order valence-electron chi connectivity index (χ3n) is 4.21. The lowest BCUT2D eigenvalue weighted by molar-refractivity contribution is 0.574. The highest BCUT2D eigenvalue weighted by Gasteiger charge is 2.20. The second-order valence-corrected chi connectivity index (χ2v) is 6.08. The Morgan fingerprint density at radius 3 is 2.83 bits per heavy atom. The van der Waals surface area contributed by atoms with Crippen LogP contribution in [0.15, 0.2) is 36.7 Å². The molecule has 4 aromatic rings. The van der Waals surface area contributed by atoms with Gasteiger partial charge in [0.05, 0.1) is 22.6 Å². The molecule has 0 aliphatic carbocycles. The third kappa shape index (κ3) is 2.18. The Morgan fingerprint density at radius 1 is 1.21 bits per heavy atom. The number of halogens is 1. The average molecular weight is 339 g/mol. The second-order valence-electron chi connectivity index (χ2n) is 5.72. The zero-order chi connectivity index (χ0) is 16.8. The van der Waals surface area contributed by atoms with Crippen molar-refractivity contribution in [1.29, 1.82) is 0 Å². The Morgan fingerprint density at radius 2 is 2.00 bits per heavy atom. The number of nitrogens with zero attached hydrogens (tertiary/aromatic N) is 5. The van der Waals surface area contributed by atoms with Gasteiger partial charge in [-0.05, 0) is 26.0 Å². The highest BCUT2D eigenvalue weighted by molar-refractivity contribution is 6.30. The average Bonchev–Trinajstić information content (AvgIpc) is 2.92. The molecule has 0 bridgehead atoms. The summed E-state index contributed by atoms with van der Waals surface area (Å²) in [6.07, 6.45) is 1.45. The number of aryl methyl sites for hydroxylation is 1.